The van der Waals surface area contributed by atoms with Crippen LogP contribution in [0.2, 0.25) is 0 Å². The maximum Gasteiger partial charge on any atom is 0.160 e. The number of rotatable bonds is 3. The van der Waals surface area contributed by atoms with Gasteiger partial charge in [-0.05, 0) is 58.6 Å². The third-order valence-electron chi connectivity index (χ3n) is 9.99. The zero-order chi connectivity index (χ0) is 32.8. The molecule has 0 amide bonds. The van der Waals surface area contributed by atoms with E-state index in [1.54, 1.807) is 0 Å². The van der Waals surface area contributed by atoms with Gasteiger partial charge < -0.3 is 4.57 Å². The van der Waals surface area contributed by atoms with E-state index in [2.05, 4.69) is 144 Å². The lowest BCUT2D eigenvalue weighted by Gasteiger charge is -2.13. The number of para-hydroxylation sites is 1. The molecule has 0 fully saturated rings. The van der Waals surface area contributed by atoms with Gasteiger partial charge in [-0.2, -0.15) is 0 Å². The summed E-state index contributed by atoms with van der Waals surface area (Å²) in [5, 5.41) is 10.1. The summed E-state index contributed by atoms with van der Waals surface area (Å²) in [4.78, 5) is 15.0. The summed E-state index contributed by atoms with van der Waals surface area (Å²) in [5.74, 6) is 0.674. The number of nitrogens with zero attached hydrogens (tertiary/aromatic N) is 4. The van der Waals surface area contributed by atoms with Crippen molar-refractivity contribution in [1.29, 1.82) is 0 Å². The van der Waals surface area contributed by atoms with Gasteiger partial charge in [0.2, 0.25) is 0 Å². The Bertz CT molecular complexity index is 3170. The molecule has 4 nitrogen and oxygen atoms in total. The molecule has 7 aromatic carbocycles. The van der Waals surface area contributed by atoms with Crippen molar-refractivity contribution in [3.05, 3.63) is 158 Å². The second-order valence-electron chi connectivity index (χ2n) is 12.8. The Kier molecular flexibility index (Phi) is 5.80. The normalized spacial score (nSPS) is 12.0. The molecule has 0 N–H and O–H groups in total. The lowest BCUT2D eigenvalue weighted by atomic mass is 9.99. The maximum absolute atomic E-state index is 5.23. The van der Waals surface area contributed by atoms with Crippen molar-refractivity contribution in [2.45, 2.75) is 0 Å². The average Bonchev–Trinajstić information content (AvgIpc) is 3.74. The number of aromatic nitrogens is 4. The van der Waals surface area contributed by atoms with Crippen LogP contribution < -0.4 is 0 Å². The van der Waals surface area contributed by atoms with Gasteiger partial charge in [0.15, 0.2) is 5.82 Å². The number of benzene rings is 7. The summed E-state index contributed by atoms with van der Waals surface area (Å²) >= 11 is 1.89. The molecule has 0 unspecified atom stereocenters. The lowest BCUT2D eigenvalue weighted by Crippen LogP contribution is -1.99. The predicted molar refractivity (Wildman–Crippen MR) is 210 cm³/mol. The SMILES string of the molecule is c1cc(-c2nc(-c3ccc4ccccc4c3)c3ncccc3n2)cc(-n2c3ccccc3c3c4sc5ccccc5c4c4ccccc4c32)c1. The van der Waals surface area contributed by atoms with Crippen LogP contribution in [0.15, 0.2) is 158 Å². The summed E-state index contributed by atoms with van der Waals surface area (Å²) in [6, 6.07) is 54.0. The van der Waals surface area contributed by atoms with Crippen LogP contribution in [-0.4, -0.2) is 19.5 Å². The number of fused-ring (bicyclic) bond motifs is 12. The van der Waals surface area contributed by atoms with Gasteiger partial charge in [-0.15, -0.1) is 11.3 Å². The van der Waals surface area contributed by atoms with Crippen molar-refractivity contribution in [2.24, 2.45) is 0 Å². The van der Waals surface area contributed by atoms with Crippen LogP contribution in [0, 0.1) is 0 Å². The standard InChI is InChI=1S/C45H26N4S/c1-2-12-28-25-29(23-22-27(28)11-1)41-42-36(19-10-24-46-42)47-45(48-41)30-13-9-14-31(26-30)49-37-20-7-5-17-34(37)40-43(49)33-16-4-3-15-32(33)39-35-18-6-8-21-38(35)50-44(39)40/h1-26H. The molecular weight excluding hydrogens is 629 g/mol. The van der Waals surface area contributed by atoms with Gasteiger partial charge in [-0.1, -0.05) is 109 Å². The largest absolute Gasteiger partial charge is 0.309 e. The molecule has 0 aliphatic rings. The fourth-order valence-electron chi connectivity index (χ4n) is 7.81. The molecule has 0 atom stereocenters. The smallest absolute Gasteiger partial charge is 0.160 e. The zero-order valence-corrected chi connectivity index (χ0v) is 27.5. The number of thiophene rings is 1. The van der Waals surface area contributed by atoms with Crippen LogP contribution in [0.1, 0.15) is 0 Å². The van der Waals surface area contributed by atoms with Gasteiger partial charge >= 0.3 is 0 Å². The highest BCUT2D eigenvalue weighted by atomic mass is 32.1. The summed E-state index contributed by atoms with van der Waals surface area (Å²) in [5.41, 5.74) is 7.89. The Hall–Kier alpha value is -6.43. The summed E-state index contributed by atoms with van der Waals surface area (Å²) < 4.78 is 5.08. The van der Waals surface area contributed by atoms with Gasteiger partial charge in [0, 0.05) is 59.3 Å². The van der Waals surface area contributed by atoms with Crippen molar-refractivity contribution in [3.63, 3.8) is 0 Å². The van der Waals surface area contributed by atoms with E-state index in [1.807, 2.05) is 29.7 Å². The molecule has 11 aromatic rings. The predicted octanol–water partition coefficient (Wildman–Crippen LogP) is 12.1. The first kappa shape index (κ1) is 27.5. The third-order valence-corrected chi connectivity index (χ3v) is 11.2. The molecule has 5 heteroatoms. The van der Waals surface area contributed by atoms with Crippen LogP contribution in [0.5, 0.6) is 0 Å². The van der Waals surface area contributed by atoms with E-state index >= 15 is 0 Å². The van der Waals surface area contributed by atoms with Gasteiger partial charge in [-0.3, -0.25) is 4.98 Å². The molecule has 11 rings (SSSR count). The number of hydrogen-bond acceptors (Lipinski definition) is 4. The highest BCUT2D eigenvalue weighted by molar-refractivity contribution is 7.27. The minimum atomic E-state index is 0.674. The second kappa shape index (κ2) is 10.5. The summed E-state index contributed by atoms with van der Waals surface area (Å²) in [7, 11) is 0. The van der Waals surface area contributed by atoms with Crippen LogP contribution >= 0.6 is 11.3 Å². The van der Waals surface area contributed by atoms with Crippen molar-refractivity contribution in [3.8, 4) is 28.3 Å². The Morgan fingerprint density at radius 1 is 0.520 bits per heavy atom. The molecule has 4 aromatic heterocycles. The molecule has 0 aliphatic carbocycles. The Morgan fingerprint density at radius 3 is 2.22 bits per heavy atom. The highest BCUT2D eigenvalue weighted by Gasteiger charge is 2.22. The average molecular weight is 655 g/mol. The molecular formula is C45H26N4S. The number of hydrogen-bond donors (Lipinski definition) is 0. The van der Waals surface area contributed by atoms with E-state index in [1.165, 1.54) is 63.5 Å². The topological polar surface area (TPSA) is 43.6 Å². The first-order valence-electron chi connectivity index (χ1n) is 16.8. The molecule has 0 spiro atoms. The lowest BCUT2D eigenvalue weighted by molar-refractivity contribution is 1.17. The van der Waals surface area contributed by atoms with Crippen LogP contribution in [0.3, 0.4) is 0 Å². The van der Waals surface area contributed by atoms with Gasteiger partial charge in [0.1, 0.15) is 11.2 Å². The fraction of sp³-hybridized carbons (Fsp3) is 0. The van der Waals surface area contributed by atoms with E-state index < -0.39 is 0 Å². The second-order valence-corrected chi connectivity index (χ2v) is 13.9. The van der Waals surface area contributed by atoms with Crippen molar-refractivity contribution >= 4 is 85.9 Å². The molecule has 4 heterocycles. The molecule has 0 aliphatic heterocycles. The molecule has 0 radical (unpaired) electrons. The first-order valence-corrected chi connectivity index (χ1v) is 17.6. The van der Waals surface area contributed by atoms with E-state index in [4.69, 9.17) is 15.0 Å². The van der Waals surface area contributed by atoms with Gasteiger partial charge in [0.05, 0.1) is 16.6 Å². The van der Waals surface area contributed by atoms with Crippen LogP contribution in [0.25, 0.3) is 103 Å². The third kappa shape index (κ3) is 3.95. The summed E-state index contributed by atoms with van der Waals surface area (Å²) in [6.45, 7) is 0. The zero-order valence-electron chi connectivity index (χ0n) is 26.7. The quantitative estimate of drug-likeness (QED) is 0.190. The Labute approximate surface area is 290 Å². The fourth-order valence-corrected chi connectivity index (χ4v) is 9.09. The molecule has 50 heavy (non-hydrogen) atoms. The van der Waals surface area contributed by atoms with E-state index in [9.17, 15) is 0 Å². The Balaban J connectivity index is 1.19. The minimum Gasteiger partial charge on any atom is -0.309 e. The van der Waals surface area contributed by atoms with Gasteiger partial charge in [0.25, 0.3) is 0 Å². The van der Waals surface area contributed by atoms with Crippen molar-refractivity contribution in [1.82, 2.24) is 19.5 Å². The molecule has 0 bridgehead atoms. The highest BCUT2D eigenvalue weighted by Crippen LogP contribution is 2.48. The summed E-state index contributed by atoms with van der Waals surface area (Å²) in [6.07, 6.45) is 1.82. The van der Waals surface area contributed by atoms with Gasteiger partial charge in [-0.25, -0.2) is 9.97 Å². The maximum atomic E-state index is 5.23. The van der Waals surface area contributed by atoms with Crippen LogP contribution in [0.4, 0.5) is 0 Å². The van der Waals surface area contributed by atoms with E-state index in [0.717, 1.165) is 33.5 Å². The molecule has 0 saturated carbocycles. The monoisotopic (exact) mass is 654 g/mol. The van der Waals surface area contributed by atoms with Crippen molar-refractivity contribution < 1.29 is 0 Å². The first-order chi connectivity index (χ1) is 24.8. The molecule has 232 valence electrons. The van der Waals surface area contributed by atoms with Crippen LogP contribution in [-0.2, 0) is 0 Å². The minimum absolute atomic E-state index is 0.674. The molecule has 0 saturated heterocycles. The van der Waals surface area contributed by atoms with E-state index in [0.29, 0.717) is 5.82 Å². The Morgan fingerprint density at radius 2 is 1.30 bits per heavy atom. The van der Waals surface area contributed by atoms with E-state index in [-0.39, 0.29) is 0 Å². The number of pyridine rings is 1. The van der Waals surface area contributed by atoms with Crippen molar-refractivity contribution in [2.75, 3.05) is 0 Å².